The minimum Gasteiger partial charge on any atom is -0.507 e. The van der Waals surface area contributed by atoms with Gasteiger partial charge in [0, 0.05) is 35.9 Å². The van der Waals surface area contributed by atoms with E-state index >= 15 is 0 Å². The smallest absolute Gasteiger partial charge is 0.255 e. The predicted molar refractivity (Wildman–Crippen MR) is 128 cm³/mol. The monoisotopic (exact) mass is 461 g/mol. The van der Waals surface area contributed by atoms with Gasteiger partial charge in [0.2, 0.25) is 11.8 Å². The zero-order chi connectivity index (χ0) is 23.9. The van der Waals surface area contributed by atoms with Crippen LogP contribution in [0.3, 0.4) is 0 Å². The quantitative estimate of drug-likeness (QED) is 0.361. The minimum atomic E-state index is -0.746. The van der Waals surface area contributed by atoms with Crippen LogP contribution >= 0.6 is 0 Å². The number of nitrogens with zero attached hydrogens (tertiary/aromatic N) is 2. The van der Waals surface area contributed by atoms with Crippen LogP contribution in [0.2, 0.25) is 0 Å². The van der Waals surface area contributed by atoms with Crippen LogP contribution in [0.25, 0.3) is 0 Å². The molecule has 3 aromatic rings. The van der Waals surface area contributed by atoms with Gasteiger partial charge in [-0.2, -0.15) is 0 Å². The van der Waals surface area contributed by atoms with E-state index in [0.29, 0.717) is 29.6 Å². The second kappa shape index (κ2) is 10.7. The predicted octanol–water partition coefficient (Wildman–Crippen LogP) is 3.86. The number of phenols is 1. The maximum atomic E-state index is 12.9. The third-order valence-corrected chi connectivity index (χ3v) is 5.61. The zero-order valence-corrected chi connectivity index (χ0v) is 18.8. The first kappa shape index (κ1) is 23.0. The first-order valence-corrected chi connectivity index (χ1v) is 11.1. The summed E-state index contributed by atoms with van der Waals surface area (Å²) in [6.45, 7) is 0. The number of amides is 2. The van der Waals surface area contributed by atoms with E-state index in [-0.39, 0.29) is 17.2 Å². The van der Waals surface area contributed by atoms with E-state index in [9.17, 15) is 14.7 Å². The molecule has 0 saturated heterocycles. The first-order valence-electron chi connectivity index (χ1n) is 11.1. The Morgan fingerprint density at radius 1 is 1.09 bits per heavy atom. The number of carbonyl (C=O) groups is 2. The molecule has 1 saturated carbocycles. The minimum absolute atomic E-state index is 0.0932. The van der Waals surface area contributed by atoms with Crippen LogP contribution in [0, 0.1) is 5.92 Å². The largest absolute Gasteiger partial charge is 0.507 e. The third-order valence-electron chi connectivity index (χ3n) is 5.61. The van der Waals surface area contributed by atoms with Crippen molar-refractivity contribution in [3.05, 3.63) is 66.6 Å². The molecule has 1 atom stereocenters. The summed E-state index contributed by atoms with van der Waals surface area (Å²) < 4.78 is 5.04. The number of phenolic OH excluding ortho intramolecular Hbond substituents is 1. The topological polar surface area (TPSA) is 125 Å². The molecule has 4 N–H and O–H groups in total. The lowest BCUT2D eigenvalue weighted by molar-refractivity contribution is -0.118. The van der Waals surface area contributed by atoms with Crippen LogP contribution in [0.15, 0.2) is 61.1 Å². The second-order valence-corrected chi connectivity index (χ2v) is 8.22. The van der Waals surface area contributed by atoms with E-state index in [4.69, 9.17) is 4.74 Å². The summed E-state index contributed by atoms with van der Waals surface area (Å²) in [7, 11) is 1.52. The van der Waals surface area contributed by atoms with Gasteiger partial charge in [0.15, 0.2) is 0 Å². The van der Waals surface area contributed by atoms with Crippen molar-refractivity contribution in [2.24, 2.45) is 5.92 Å². The number of hydrogen-bond acceptors (Lipinski definition) is 7. The van der Waals surface area contributed by atoms with E-state index in [1.165, 1.54) is 25.4 Å². The van der Waals surface area contributed by atoms with Gasteiger partial charge in [0.1, 0.15) is 11.8 Å². The van der Waals surface area contributed by atoms with E-state index in [1.807, 2.05) is 0 Å². The number of nitrogens with one attached hydrogen (secondary N) is 3. The average molecular weight is 462 g/mol. The molecule has 34 heavy (non-hydrogen) atoms. The zero-order valence-electron chi connectivity index (χ0n) is 18.8. The van der Waals surface area contributed by atoms with Crippen molar-refractivity contribution in [3.63, 3.8) is 0 Å². The lowest BCUT2D eigenvalue weighted by Crippen LogP contribution is -2.44. The Morgan fingerprint density at radius 2 is 1.85 bits per heavy atom. The summed E-state index contributed by atoms with van der Waals surface area (Å²) in [5.74, 6) is 0.00110. The second-order valence-electron chi connectivity index (χ2n) is 8.22. The fraction of sp³-hybridized carbons (Fsp3) is 0.280. The number of carbonyl (C=O) groups excluding carboxylic acids is 2. The van der Waals surface area contributed by atoms with Crippen LogP contribution in [-0.4, -0.2) is 40.0 Å². The van der Waals surface area contributed by atoms with Gasteiger partial charge in [-0.25, -0.2) is 4.98 Å². The van der Waals surface area contributed by atoms with Gasteiger partial charge >= 0.3 is 0 Å². The molecule has 1 aliphatic rings. The fourth-order valence-corrected chi connectivity index (χ4v) is 3.52. The summed E-state index contributed by atoms with van der Waals surface area (Å²) in [6, 6.07) is 10.9. The maximum Gasteiger partial charge on any atom is 0.255 e. The highest BCUT2D eigenvalue weighted by Gasteiger charge is 2.27. The van der Waals surface area contributed by atoms with Gasteiger partial charge in [0.05, 0.1) is 24.6 Å². The van der Waals surface area contributed by atoms with Crippen molar-refractivity contribution >= 4 is 28.9 Å². The Morgan fingerprint density at radius 3 is 2.50 bits per heavy atom. The molecule has 9 nitrogen and oxygen atoms in total. The number of rotatable bonds is 10. The third kappa shape index (κ3) is 6.22. The van der Waals surface area contributed by atoms with Crippen molar-refractivity contribution in [3.8, 4) is 11.6 Å². The molecule has 1 aromatic carbocycles. The average Bonchev–Trinajstić information content (AvgIpc) is 3.67. The molecule has 0 bridgehead atoms. The van der Waals surface area contributed by atoms with E-state index in [1.54, 1.807) is 42.7 Å². The van der Waals surface area contributed by atoms with Gasteiger partial charge in [-0.1, -0.05) is 12.8 Å². The van der Waals surface area contributed by atoms with E-state index in [0.717, 1.165) is 24.9 Å². The number of ether oxygens (including phenoxy) is 1. The highest BCUT2D eigenvalue weighted by molar-refractivity contribution is 6.02. The van der Waals surface area contributed by atoms with Crippen LogP contribution < -0.4 is 20.7 Å². The van der Waals surface area contributed by atoms with Gasteiger partial charge in [-0.3, -0.25) is 14.6 Å². The molecule has 1 unspecified atom stereocenters. The molecule has 2 heterocycles. The molecule has 9 heteroatoms. The highest BCUT2D eigenvalue weighted by atomic mass is 16.5. The number of benzene rings is 1. The van der Waals surface area contributed by atoms with Crippen LogP contribution in [0.4, 0.5) is 17.1 Å². The molecule has 0 spiro atoms. The Balaban J connectivity index is 1.43. The lowest BCUT2D eigenvalue weighted by atomic mass is 10.1. The highest BCUT2D eigenvalue weighted by Crippen LogP contribution is 2.34. The van der Waals surface area contributed by atoms with Crippen LogP contribution in [0.5, 0.6) is 11.6 Å². The molecule has 0 radical (unpaired) electrons. The number of pyridine rings is 2. The molecule has 2 aromatic heterocycles. The molecular weight excluding hydrogens is 434 g/mol. The molecule has 2 amide bonds. The number of methoxy groups -OCH3 is 1. The van der Waals surface area contributed by atoms with Gasteiger partial charge in [-0.05, 0) is 49.1 Å². The van der Waals surface area contributed by atoms with Crippen molar-refractivity contribution in [1.29, 1.82) is 0 Å². The van der Waals surface area contributed by atoms with E-state index in [2.05, 4.69) is 25.9 Å². The summed E-state index contributed by atoms with van der Waals surface area (Å²) in [6.07, 6.45) is 8.46. The Bertz CT molecular complexity index is 1130. The lowest BCUT2D eigenvalue weighted by Gasteiger charge is -2.19. The molecule has 0 aliphatic heterocycles. The van der Waals surface area contributed by atoms with Crippen molar-refractivity contribution in [2.75, 3.05) is 17.7 Å². The Hall–Kier alpha value is -4.14. The molecule has 1 aliphatic carbocycles. The first-order chi connectivity index (χ1) is 16.5. The fourth-order valence-electron chi connectivity index (χ4n) is 3.52. The Kier molecular flexibility index (Phi) is 7.22. The molecule has 176 valence electrons. The van der Waals surface area contributed by atoms with Crippen molar-refractivity contribution < 1.29 is 19.4 Å². The molecule has 4 rings (SSSR count). The summed E-state index contributed by atoms with van der Waals surface area (Å²) in [5.41, 5.74) is 2.02. The summed E-state index contributed by atoms with van der Waals surface area (Å²) in [5, 5.41) is 19.2. The molecule has 1 fully saturated rings. The number of hydrogen-bond donors (Lipinski definition) is 4. The van der Waals surface area contributed by atoms with Crippen molar-refractivity contribution in [2.45, 2.75) is 31.7 Å². The number of aromatic nitrogens is 2. The molecular formula is C25H27N5O4. The van der Waals surface area contributed by atoms with Gasteiger partial charge in [0.25, 0.3) is 5.91 Å². The normalized spacial score (nSPS) is 13.6. The maximum absolute atomic E-state index is 12.9. The Labute approximate surface area is 197 Å². The van der Waals surface area contributed by atoms with Crippen LogP contribution in [-0.2, 0) is 4.79 Å². The van der Waals surface area contributed by atoms with E-state index < -0.39 is 11.9 Å². The number of anilines is 3. The number of aromatic hydroxyl groups is 1. The summed E-state index contributed by atoms with van der Waals surface area (Å²) in [4.78, 5) is 33.9. The standard InChI is InChI=1S/C25H27N5O4/c1-34-23-9-6-19(15-27-23)29-25(33)21(8-4-16-2-3-16)30-24(32)20-7-5-18(14-22(20)31)28-17-10-12-26-13-11-17/h5-7,9-16,21,31H,2-4,8H2,1H3,(H,26,28)(H,29,33)(H,30,32). The van der Waals surface area contributed by atoms with Gasteiger partial charge < -0.3 is 25.8 Å². The van der Waals surface area contributed by atoms with Gasteiger partial charge in [-0.15, -0.1) is 0 Å². The SMILES string of the molecule is COc1ccc(NC(=O)C(CCC2CC2)NC(=O)c2ccc(Nc3ccncc3)cc2O)cn1. The summed E-state index contributed by atoms with van der Waals surface area (Å²) >= 11 is 0. The van der Waals surface area contributed by atoms with Crippen molar-refractivity contribution in [1.82, 2.24) is 15.3 Å². The van der Waals surface area contributed by atoms with Crippen LogP contribution in [0.1, 0.15) is 36.0 Å².